The second-order valence-corrected chi connectivity index (χ2v) is 9.27. The molecule has 0 aliphatic heterocycles. The highest BCUT2D eigenvalue weighted by Gasteiger charge is 2.16. The molecule has 0 aliphatic rings. The lowest BCUT2D eigenvalue weighted by molar-refractivity contribution is 0.464. The minimum absolute atomic E-state index is 0.0333. The zero-order chi connectivity index (χ0) is 23.4. The smallest absolute Gasteiger partial charge is 0.274 e. The fourth-order valence-electron chi connectivity index (χ4n) is 3.89. The number of hydrogen-bond donors (Lipinski definition) is 1. The lowest BCUT2D eigenvalue weighted by atomic mass is 9.98. The summed E-state index contributed by atoms with van der Waals surface area (Å²) in [7, 11) is 0. The zero-order valence-electron chi connectivity index (χ0n) is 19.7. The summed E-state index contributed by atoms with van der Waals surface area (Å²) in [6.45, 7) is 9.73. The van der Waals surface area contributed by atoms with Crippen LogP contribution in [0, 0.1) is 11.8 Å². The van der Waals surface area contributed by atoms with Gasteiger partial charge in [-0.1, -0.05) is 76.2 Å². The Morgan fingerprint density at radius 2 is 1.67 bits per heavy atom. The van der Waals surface area contributed by atoms with Crippen LogP contribution in [0.25, 0.3) is 22.5 Å². The highest BCUT2D eigenvalue weighted by molar-refractivity contribution is 5.80. The monoisotopic (exact) mass is 445 g/mol. The van der Waals surface area contributed by atoms with Crippen LogP contribution in [0.2, 0.25) is 0 Å². The topological polar surface area (TPSA) is 94.3 Å². The molecule has 0 fully saturated rings. The van der Waals surface area contributed by atoms with Crippen molar-refractivity contribution in [3.05, 3.63) is 70.4 Å². The molecule has 2 aromatic heterocycles. The standard InChI is InChI=1S/C25H31N7O/c1-17(2)9-14-23-28-32(15-18(3)4)25(33)31(23)16-19-10-12-20(13-11-19)21-7-5-6-8-22(21)24-26-29-30-27-24/h5-8,10-13,17-18H,9,14-16H2,1-4H3,(H,26,27,29,30). The Kier molecular flexibility index (Phi) is 6.82. The maximum atomic E-state index is 13.1. The average molecular weight is 446 g/mol. The molecule has 0 spiro atoms. The van der Waals surface area contributed by atoms with E-state index < -0.39 is 0 Å². The molecule has 2 heterocycles. The zero-order valence-corrected chi connectivity index (χ0v) is 19.7. The summed E-state index contributed by atoms with van der Waals surface area (Å²) in [5.41, 5.74) is 4.04. The molecule has 172 valence electrons. The highest BCUT2D eigenvalue weighted by atomic mass is 16.2. The van der Waals surface area contributed by atoms with Gasteiger partial charge in [0.25, 0.3) is 0 Å². The quantitative estimate of drug-likeness (QED) is 0.417. The molecule has 8 nitrogen and oxygen atoms in total. The minimum atomic E-state index is -0.0333. The normalized spacial score (nSPS) is 11.6. The first-order valence-electron chi connectivity index (χ1n) is 11.5. The fourth-order valence-corrected chi connectivity index (χ4v) is 3.89. The van der Waals surface area contributed by atoms with Crippen LogP contribution in [0.4, 0.5) is 0 Å². The van der Waals surface area contributed by atoms with Gasteiger partial charge in [0.15, 0.2) is 0 Å². The van der Waals surface area contributed by atoms with Crippen molar-refractivity contribution >= 4 is 0 Å². The molecule has 2 aromatic carbocycles. The van der Waals surface area contributed by atoms with Gasteiger partial charge < -0.3 is 0 Å². The Morgan fingerprint density at radius 3 is 2.30 bits per heavy atom. The number of rotatable bonds is 9. The molecule has 0 bridgehead atoms. The third-order valence-corrected chi connectivity index (χ3v) is 5.60. The molecule has 0 aliphatic carbocycles. The summed E-state index contributed by atoms with van der Waals surface area (Å²) in [6.07, 6.45) is 1.80. The number of aryl methyl sites for hydroxylation is 1. The summed E-state index contributed by atoms with van der Waals surface area (Å²) in [5.74, 6) is 2.35. The van der Waals surface area contributed by atoms with Gasteiger partial charge in [0, 0.05) is 18.5 Å². The summed E-state index contributed by atoms with van der Waals surface area (Å²) in [5, 5.41) is 19.1. The van der Waals surface area contributed by atoms with Gasteiger partial charge >= 0.3 is 5.69 Å². The van der Waals surface area contributed by atoms with Crippen LogP contribution in [0.3, 0.4) is 0 Å². The van der Waals surface area contributed by atoms with Gasteiger partial charge in [-0.2, -0.15) is 10.3 Å². The number of aromatic amines is 1. The second-order valence-electron chi connectivity index (χ2n) is 9.27. The number of nitrogens with one attached hydrogen (secondary N) is 1. The predicted octanol–water partition coefficient (Wildman–Crippen LogP) is 4.18. The fraction of sp³-hybridized carbons (Fsp3) is 0.400. The van der Waals surface area contributed by atoms with Crippen molar-refractivity contribution in [2.24, 2.45) is 11.8 Å². The van der Waals surface area contributed by atoms with Crippen LogP contribution in [-0.4, -0.2) is 35.0 Å². The van der Waals surface area contributed by atoms with E-state index in [-0.39, 0.29) is 5.69 Å². The summed E-state index contributed by atoms with van der Waals surface area (Å²) < 4.78 is 3.45. The molecule has 33 heavy (non-hydrogen) atoms. The number of benzene rings is 2. The number of aromatic nitrogens is 7. The molecule has 0 amide bonds. The van der Waals surface area contributed by atoms with E-state index in [1.807, 2.05) is 28.8 Å². The molecular weight excluding hydrogens is 414 g/mol. The number of H-pyrrole nitrogens is 1. The molecule has 0 radical (unpaired) electrons. The van der Waals surface area contributed by atoms with E-state index in [1.165, 1.54) is 0 Å². The number of nitrogens with zero attached hydrogens (tertiary/aromatic N) is 6. The maximum absolute atomic E-state index is 13.1. The Hall–Kier alpha value is -3.55. The number of hydrogen-bond acceptors (Lipinski definition) is 5. The Morgan fingerprint density at radius 1 is 0.939 bits per heavy atom. The number of tetrazole rings is 1. The van der Waals surface area contributed by atoms with Crippen LogP contribution in [0.15, 0.2) is 53.3 Å². The van der Waals surface area contributed by atoms with E-state index >= 15 is 0 Å². The molecule has 8 heteroatoms. The van der Waals surface area contributed by atoms with Gasteiger partial charge in [0.2, 0.25) is 5.82 Å². The van der Waals surface area contributed by atoms with E-state index in [0.29, 0.717) is 30.7 Å². The van der Waals surface area contributed by atoms with Crippen LogP contribution >= 0.6 is 0 Å². The van der Waals surface area contributed by atoms with E-state index in [2.05, 4.69) is 77.7 Å². The van der Waals surface area contributed by atoms with Crippen molar-refractivity contribution in [1.82, 2.24) is 35.0 Å². The third-order valence-electron chi connectivity index (χ3n) is 5.60. The minimum Gasteiger partial charge on any atom is -0.274 e. The van der Waals surface area contributed by atoms with E-state index in [1.54, 1.807) is 4.68 Å². The first kappa shape index (κ1) is 22.6. The molecule has 1 N–H and O–H groups in total. The maximum Gasteiger partial charge on any atom is 0.346 e. The van der Waals surface area contributed by atoms with Gasteiger partial charge in [-0.3, -0.25) is 4.57 Å². The molecular formula is C25H31N7O. The average Bonchev–Trinajstić information content (AvgIpc) is 3.43. The van der Waals surface area contributed by atoms with Crippen molar-refractivity contribution in [1.29, 1.82) is 0 Å². The summed E-state index contributed by atoms with van der Waals surface area (Å²) in [4.78, 5) is 13.1. The Labute approximate surface area is 193 Å². The van der Waals surface area contributed by atoms with Crippen molar-refractivity contribution in [3.63, 3.8) is 0 Å². The SMILES string of the molecule is CC(C)CCc1nn(CC(C)C)c(=O)n1Cc1ccc(-c2ccccc2-c2nn[nH]n2)cc1. The molecule has 4 aromatic rings. The Balaban J connectivity index is 1.61. The van der Waals surface area contributed by atoms with Crippen molar-refractivity contribution < 1.29 is 0 Å². The summed E-state index contributed by atoms with van der Waals surface area (Å²) in [6, 6.07) is 16.3. The molecule has 0 saturated carbocycles. The van der Waals surface area contributed by atoms with E-state index in [0.717, 1.165) is 40.9 Å². The first-order valence-corrected chi connectivity index (χ1v) is 11.5. The molecule has 0 saturated heterocycles. The van der Waals surface area contributed by atoms with Gasteiger partial charge in [0.1, 0.15) is 5.82 Å². The van der Waals surface area contributed by atoms with Gasteiger partial charge in [-0.25, -0.2) is 9.48 Å². The lowest BCUT2D eigenvalue weighted by Gasteiger charge is -2.10. The van der Waals surface area contributed by atoms with Gasteiger partial charge in [-0.15, -0.1) is 10.2 Å². The molecule has 4 rings (SSSR count). The predicted molar refractivity (Wildman–Crippen MR) is 129 cm³/mol. The van der Waals surface area contributed by atoms with Crippen LogP contribution in [-0.2, 0) is 19.5 Å². The largest absolute Gasteiger partial charge is 0.346 e. The van der Waals surface area contributed by atoms with Crippen molar-refractivity contribution in [3.8, 4) is 22.5 Å². The molecule has 0 unspecified atom stereocenters. The van der Waals surface area contributed by atoms with Crippen LogP contribution in [0.1, 0.15) is 45.5 Å². The van der Waals surface area contributed by atoms with Crippen molar-refractivity contribution in [2.45, 2.75) is 53.6 Å². The van der Waals surface area contributed by atoms with E-state index in [4.69, 9.17) is 0 Å². The highest BCUT2D eigenvalue weighted by Crippen LogP contribution is 2.29. The van der Waals surface area contributed by atoms with Gasteiger partial charge in [0.05, 0.1) is 6.54 Å². The third kappa shape index (κ3) is 5.27. The van der Waals surface area contributed by atoms with E-state index in [9.17, 15) is 4.79 Å². The first-order chi connectivity index (χ1) is 15.9. The second kappa shape index (κ2) is 9.94. The van der Waals surface area contributed by atoms with Gasteiger partial charge in [-0.05, 0) is 40.2 Å². The van der Waals surface area contributed by atoms with Crippen LogP contribution < -0.4 is 5.69 Å². The molecule has 0 atom stereocenters. The van der Waals surface area contributed by atoms with Crippen molar-refractivity contribution in [2.75, 3.05) is 0 Å². The summed E-state index contributed by atoms with van der Waals surface area (Å²) >= 11 is 0. The Bertz CT molecular complexity index is 1230. The van der Waals surface area contributed by atoms with Crippen LogP contribution in [0.5, 0.6) is 0 Å². The lowest BCUT2D eigenvalue weighted by Crippen LogP contribution is -2.27.